The number of allylic oxidation sites excluding steroid dienone is 1. The summed E-state index contributed by atoms with van der Waals surface area (Å²) in [5, 5.41) is 0.438. The number of benzene rings is 2. The fourth-order valence-electron chi connectivity index (χ4n) is 3.78. The molecule has 3 aromatic rings. The van der Waals surface area contributed by atoms with Crippen molar-refractivity contribution in [3.63, 3.8) is 0 Å². The Labute approximate surface area is 198 Å². The van der Waals surface area contributed by atoms with Gasteiger partial charge in [0.05, 0.1) is 37.1 Å². The smallest absolute Gasteiger partial charge is 0.338 e. The lowest BCUT2D eigenvalue weighted by Gasteiger charge is -2.25. The molecule has 1 aliphatic heterocycles. The van der Waals surface area contributed by atoms with E-state index in [1.165, 1.54) is 23.0 Å². The van der Waals surface area contributed by atoms with E-state index in [-0.39, 0.29) is 11.1 Å². The highest BCUT2D eigenvalue weighted by atomic mass is 35.5. The SMILES string of the molecule is COC(=O)C1=C(C)N=c2s/c(=C\c3ccc(OC)c(OC)c3)c(=O)n2[C@@H]1c1ccccc1Cl. The highest BCUT2D eigenvalue weighted by Crippen LogP contribution is 2.34. The van der Waals surface area contributed by atoms with Gasteiger partial charge in [-0.15, -0.1) is 0 Å². The summed E-state index contributed by atoms with van der Waals surface area (Å²) in [5.41, 5.74) is 1.84. The van der Waals surface area contributed by atoms with E-state index in [9.17, 15) is 9.59 Å². The van der Waals surface area contributed by atoms with E-state index in [1.54, 1.807) is 57.6 Å². The third-order valence-corrected chi connectivity index (χ3v) is 6.66. The van der Waals surface area contributed by atoms with Crippen LogP contribution >= 0.6 is 22.9 Å². The lowest BCUT2D eigenvalue weighted by atomic mass is 9.96. The van der Waals surface area contributed by atoms with Crippen molar-refractivity contribution in [2.24, 2.45) is 4.99 Å². The van der Waals surface area contributed by atoms with E-state index >= 15 is 0 Å². The molecular weight excluding hydrogens is 464 g/mol. The number of carbonyl (C=O) groups is 1. The average Bonchev–Trinajstić information content (AvgIpc) is 3.12. The van der Waals surface area contributed by atoms with Gasteiger partial charge < -0.3 is 14.2 Å². The molecule has 0 aliphatic carbocycles. The minimum absolute atomic E-state index is 0.274. The summed E-state index contributed by atoms with van der Waals surface area (Å²) in [5.74, 6) is 0.584. The van der Waals surface area contributed by atoms with Crippen molar-refractivity contribution in [2.75, 3.05) is 21.3 Å². The third kappa shape index (κ3) is 4.07. The van der Waals surface area contributed by atoms with Crippen LogP contribution in [0, 0.1) is 0 Å². The predicted molar refractivity (Wildman–Crippen MR) is 127 cm³/mol. The molecule has 0 amide bonds. The number of rotatable bonds is 5. The molecule has 2 heterocycles. The average molecular weight is 485 g/mol. The van der Waals surface area contributed by atoms with Crippen LogP contribution in [0.3, 0.4) is 0 Å². The number of nitrogens with zero attached hydrogens (tertiary/aromatic N) is 2. The topological polar surface area (TPSA) is 79.1 Å². The molecule has 0 saturated heterocycles. The number of aromatic nitrogens is 1. The van der Waals surface area contributed by atoms with Crippen LogP contribution in [0.1, 0.15) is 24.1 Å². The number of hydrogen-bond acceptors (Lipinski definition) is 7. The van der Waals surface area contributed by atoms with Gasteiger partial charge in [0.15, 0.2) is 16.3 Å². The lowest BCUT2D eigenvalue weighted by Crippen LogP contribution is -2.39. The van der Waals surface area contributed by atoms with Gasteiger partial charge in [-0.1, -0.05) is 47.2 Å². The fraction of sp³-hybridized carbons (Fsp3) is 0.208. The molecule has 0 N–H and O–H groups in total. The number of fused-ring (bicyclic) bond motifs is 1. The Bertz CT molecular complexity index is 1450. The summed E-state index contributed by atoms with van der Waals surface area (Å²) >= 11 is 7.72. The maximum Gasteiger partial charge on any atom is 0.338 e. The second-order valence-electron chi connectivity index (χ2n) is 7.21. The molecule has 9 heteroatoms. The Hall–Kier alpha value is -3.36. The highest BCUT2D eigenvalue weighted by molar-refractivity contribution is 7.07. The van der Waals surface area contributed by atoms with Gasteiger partial charge in [0.1, 0.15) is 6.04 Å². The summed E-state index contributed by atoms with van der Waals surface area (Å²) in [7, 11) is 4.41. The van der Waals surface area contributed by atoms with Crippen LogP contribution in [0.4, 0.5) is 0 Å². The Kier molecular flexibility index (Phi) is 6.40. The van der Waals surface area contributed by atoms with E-state index in [4.69, 9.17) is 25.8 Å². The zero-order valence-electron chi connectivity index (χ0n) is 18.4. The van der Waals surface area contributed by atoms with Crippen LogP contribution < -0.4 is 24.4 Å². The molecule has 1 aliphatic rings. The van der Waals surface area contributed by atoms with Crippen LogP contribution in [-0.4, -0.2) is 31.9 Å². The summed E-state index contributed by atoms with van der Waals surface area (Å²) in [6, 6.07) is 11.7. The number of esters is 1. The summed E-state index contributed by atoms with van der Waals surface area (Å²) in [4.78, 5) is 31.3. The van der Waals surface area contributed by atoms with Crippen molar-refractivity contribution in [1.29, 1.82) is 0 Å². The molecular formula is C24H21ClN2O5S. The zero-order valence-corrected chi connectivity index (χ0v) is 20.0. The molecule has 4 rings (SSSR count). The van der Waals surface area contributed by atoms with Crippen LogP contribution in [0.5, 0.6) is 11.5 Å². The first-order valence-corrected chi connectivity index (χ1v) is 11.2. The first-order valence-electron chi connectivity index (χ1n) is 9.97. The van der Waals surface area contributed by atoms with E-state index in [2.05, 4.69) is 4.99 Å². The molecule has 0 unspecified atom stereocenters. The molecule has 0 spiro atoms. The number of hydrogen-bond donors (Lipinski definition) is 0. The van der Waals surface area contributed by atoms with Crippen molar-refractivity contribution in [1.82, 2.24) is 4.57 Å². The van der Waals surface area contributed by atoms with E-state index < -0.39 is 12.0 Å². The van der Waals surface area contributed by atoms with Gasteiger partial charge in [-0.2, -0.15) is 0 Å². The largest absolute Gasteiger partial charge is 0.493 e. The van der Waals surface area contributed by atoms with Gasteiger partial charge >= 0.3 is 5.97 Å². The second-order valence-corrected chi connectivity index (χ2v) is 8.63. The molecule has 0 fully saturated rings. The van der Waals surface area contributed by atoms with Crippen LogP contribution in [0.2, 0.25) is 5.02 Å². The molecule has 0 bridgehead atoms. The minimum Gasteiger partial charge on any atom is -0.493 e. The summed E-state index contributed by atoms with van der Waals surface area (Å²) in [6.45, 7) is 1.72. The molecule has 33 heavy (non-hydrogen) atoms. The normalized spacial score (nSPS) is 15.7. The third-order valence-electron chi connectivity index (χ3n) is 5.33. The maximum absolute atomic E-state index is 13.6. The van der Waals surface area contributed by atoms with Crippen molar-refractivity contribution in [3.8, 4) is 11.5 Å². The number of methoxy groups -OCH3 is 3. The van der Waals surface area contributed by atoms with Gasteiger partial charge in [0.2, 0.25) is 0 Å². The predicted octanol–water partition coefficient (Wildman–Crippen LogP) is 3.08. The molecule has 2 aromatic carbocycles. The summed E-state index contributed by atoms with van der Waals surface area (Å²) in [6.07, 6.45) is 1.76. The number of thiazole rings is 1. The quantitative estimate of drug-likeness (QED) is 0.520. The first kappa shape index (κ1) is 22.8. The Balaban J connectivity index is 1.96. The molecule has 1 aromatic heterocycles. The molecule has 1 atom stereocenters. The zero-order chi connectivity index (χ0) is 23.7. The first-order chi connectivity index (χ1) is 15.9. The second kappa shape index (κ2) is 9.25. The van der Waals surface area contributed by atoms with E-state index in [1.807, 2.05) is 12.1 Å². The lowest BCUT2D eigenvalue weighted by molar-refractivity contribution is -0.136. The van der Waals surface area contributed by atoms with Gasteiger partial charge in [0, 0.05) is 5.02 Å². The monoisotopic (exact) mass is 484 g/mol. The fourth-order valence-corrected chi connectivity index (χ4v) is 5.06. The van der Waals surface area contributed by atoms with Crippen molar-refractivity contribution >= 4 is 35.0 Å². The number of ether oxygens (including phenoxy) is 3. The van der Waals surface area contributed by atoms with Crippen molar-refractivity contribution in [3.05, 3.63) is 89.6 Å². The van der Waals surface area contributed by atoms with Crippen LogP contribution in [0.15, 0.2) is 63.5 Å². The molecule has 0 saturated carbocycles. The van der Waals surface area contributed by atoms with Gasteiger partial charge in [-0.25, -0.2) is 9.79 Å². The number of carbonyl (C=O) groups excluding carboxylic acids is 1. The Morgan fingerprint density at radius 3 is 2.52 bits per heavy atom. The van der Waals surface area contributed by atoms with E-state index in [0.29, 0.717) is 37.1 Å². The van der Waals surface area contributed by atoms with Crippen molar-refractivity contribution < 1.29 is 19.0 Å². The van der Waals surface area contributed by atoms with Crippen LogP contribution in [-0.2, 0) is 9.53 Å². The Morgan fingerprint density at radius 2 is 1.85 bits per heavy atom. The molecule has 170 valence electrons. The maximum atomic E-state index is 13.6. The van der Waals surface area contributed by atoms with Crippen LogP contribution in [0.25, 0.3) is 6.08 Å². The van der Waals surface area contributed by atoms with Gasteiger partial charge in [-0.05, 0) is 42.3 Å². The molecule has 7 nitrogen and oxygen atoms in total. The highest BCUT2D eigenvalue weighted by Gasteiger charge is 2.34. The number of halogens is 1. The molecule has 0 radical (unpaired) electrons. The van der Waals surface area contributed by atoms with Gasteiger partial charge in [-0.3, -0.25) is 9.36 Å². The van der Waals surface area contributed by atoms with E-state index in [0.717, 1.165) is 5.56 Å². The summed E-state index contributed by atoms with van der Waals surface area (Å²) < 4.78 is 17.6. The van der Waals surface area contributed by atoms with Crippen molar-refractivity contribution in [2.45, 2.75) is 13.0 Å². The van der Waals surface area contributed by atoms with Gasteiger partial charge in [0.25, 0.3) is 5.56 Å². The standard InChI is InChI=1S/C24H21ClN2O5S/c1-13-20(23(29)32-4)21(15-7-5-6-8-16(15)25)27-22(28)19(33-24(27)26-13)12-14-9-10-17(30-2)18(11-14)31-3/h5-12,21H,1-4H3/b19-12-/t21-/m1/s1. The minimum atomic E-state index is -0.755. The Morgan fingerprint density at radius 1 is 1.12 bits per heavy atom.